The first-order valence-corrected chi connectivity index (χ1v) is 5.01. The summed E-state index contributed by atoms with van der Waals surface area (Å²) in [5.41, 5.74) is 5.21. The largest absolute Gasteiger partial charge is 0.368 e. The summed E-state index contributed by atoms with van der Waals surface area (Å²) in [6, 6.07) is -0.376. The minimum atomic E-state index is -0.376. The van der Waals surface area contributed by atoms with Crippen LogP contribution in [0.25, 0.3) is 0 Å². The van der Waals surface area contributed by atoms with Crippen LogP contribution in [0.1, 0.15) is 33.1 Å². The van der Waals surface area contributed by atoms with Crippen LogP contribution < -0.4 is 5.73 Å². The maximum atomic E-state index is 11.0. The van der Waals surface area contributed by atoms with Gasteiger partial charge in [0.1, 0.15) is 6.04 Å². The molecule has 0 aliphatic heterocycles. The van der Waals surface area contributed by atoms with Crippen molar-refractivity contribution in [2.45, 2.75) is 39.2 Å². The molecule has 0 saturated heterocycles. The number of unbranched alkanes of at least 4 members (excludes halogenated alkanes) is 2. The van der Waals surface area contributed by atoms with Gasteiger partial charge in [-0.15, -0.1) is 6.58 Å². The van der Waals surface area contributed by atoms with Crippen molar-refractivity contribution < 1.29 is 4.79 Å². The number of hydrogen-bond donors (Lipinski definition) is 1. The van der Waals surface area contributed by atoms with E-state index in [9.17, 15) is 4.79 Å². The lowest BCUT2D eigenvalue weighted by Gasteiger charge is -2.11. The fourth-order valence-corrected chi connectivity index (χ4v) is 1.12. The molecule has 0 unspecified atom stereocenters. The second kappa shape index (κ2) is 7.30. The van der Waals surface area contributed by atoms with Gasteiger partial charge < -0.3 is 5.73 Å². The Morgan fingerprint density at radius 3 is 2.57 bits per heavy atom. The van der Waals surface area contributed by atoms with E-state index in [0.29, 0.717) is 0 Å². The van der Waals surface area contributed by atoms with Crippen molar-refractivity contribution in [2.24, 2.45) is 16.6 Å². The molecule has 0 aromatic rings. The number of nitrogens with zero attached hydrogens (tertiary/aromatic N) is 1. The highest BCUT2D eigenvalue weighted by Crippen LogP contribution is 2.05. The van der Waals surface area contributed by atoms with Crippen LogP contribution >= 0.6 is 0 Å². The average molecular weight is 196 g/mol. The maximum absolute atomic E-state index is 11.0. The van der Waals surface area contributed by atoms with Crippen molar-refractivity contribution in [3.63, 3.8) is 0 Å². The number of rotatable bonds is 7. The van der Waals surface area contributed by atoms with Gasteiger partial charge in [0.2, 0.25) is 5.91 Å². The molecule has 0 fully saturated rings. The molecule has 0 spiro atoms. The highest BCUT2D eigenvalue weighted by Gasteiger charge is 2.16. The predicted octanol–water partition coefficient (Wildman–Crippen LogP) is 1.92. The summed E-state index contributed by atoms with van der Waals surface area (Å²) >= 11 is 0. The smallest absolute Gasteiger partial charge is 0.242 e. The Labute approximate surface area is 86.1 Å². The van der Waals surface area contributed by atoms with E-state index in [-0.39, 0.29) is 17.9 Å². The molecular weight excluding hydrogens is 176 g/mol. The molecule has 0 aliphatic rings. The van der Waals surface area contributed by atoms with Crippen LogP contribution in [-0.4, -0.2) is 18.2 Å². The first-order chi connectivity index (χ1) is 6.59. The van der Waals surface area contributed by atoms with Gasteiger partial charge in [0.25, 0.3) is 0 Å². The molecule has 0 aromatic carbocycles. The summed E-state index contributed by atoms with van der Waals surface area (Å²) in [5, 5.41) is 0. The van der Waals surface area contributed by atoms with Gasteiger partial charge in [-0.2, -0.15) is 0 Å². The van der Waals surface area contributed by atoms with Gasteiger partial charge in [0, 0.05) is 0 Å². The topological polar surface area (TPSA) is 55.4 Å². The Bertz CT molecular complexity index is 209. The minimum absolute atomic E-state index is 0.170. The standard InChI is InChI=1S/C11H20N2O/c1-4-5-6-7-8-13-10(9(2)3)11(12)14/h4,8-10H,1,5-7H2,2-3H3,(H2,12,14)/t10-/m0/s1. The van der Waals surface area contributed by atoms with Crippen molar-refractivity contribution >= 4 is 12.1 Å². The molecule has 0 rings (SSSR count). The Morgan fingerprint density at radius 2 is 2.14 bits per heavy atom. The SMILES string of the molecule is C=CCCCC=N[C@H](C(N)=O)C(C)C. The summed E-state index contributed by atoms with van der Waals surface area (Å²) < 4.78 is 0. The molecule has 1 atom stereocenters. The van der Waals surface area contributed by atoms with E-state index in [1.807, 2.05) is 19.9 Å². The Hall–Kier alpha value is -1.12. The zero-order valence-corrected chi connectivity index (χ0v) is 9.07. The highest BCUT2D eigenvalue weighted by molar-refractivity contribution is 5.81. The van der Waals surface area contributed by atoms with Crippen LogP contribution in [0.4, 0.5) is 0 Å². The van der Waals surface area contributed by atoms with E-state index in [1.54, 1.807) is 6.21 Å². The molecule has 3 nitrogen and oxygen atoms in total. The summed E-state index contributed by atoms with van der Waals surface area (Å²) in [4.78, 5) is 15.1. The van der Waals surface area contributed by atoms with Crippen LogP contribution in [0.2, 0.25) is 0 Å². The quantitative estimate of drug-likeness (QED) is 0.377. The Kier molecular flexibility index (Phi) is 6.72. The fraction of sp³-hybridized carbons (Fsp3) is 0.636. The average Bonchev–Trinajstić information content (AvgIpc) is 2.09. The van der Waals surface area contributed by atoms with Gasteiger partial charge in [0.05, 0.1) is 0 Å². The molecule has 2 N–H and O–H groups in total. The number of aliphatic imine (C=N–C) groups is 1. The first-order valence-electron chi connectivity index (χ1n) is 5.01. The van der Waals surface area contributed by atoms with Crippen molar-refractivity contribution in [1.29, 1.82) is 0 Å². The predicted molar refractivity (Wildman–Crippen MR) is 60.4 cm³/mol. The molecule has 0 aliphatic carbocycles. The Balaban J connectivity index is 3.91. The van der Waals surface area contributed by atoms with E-state index in [2.05, 4.69) is 11.6 Å². The number of carbonyl (C=O) groups is 1. The first kappa shape index (κ1) is 12.9. The van der Waals surface area contributed by atoms with Crippen molar-refractivity contribution in [2.75, 3.05) is 0 Å². The van der Waals surface area contributed by atoms with Gasteiger partial charge in [0.15, 0.2) is 0 Å². The van der Waals surface area contributed by atoms with Crippen LogP contribution in [0.3, 0.4) is 0 Å². The summed E-state index contributed by atoms with van der Waals surface area (Å²) in [5.74, 6) is -0.178. The van der Waals surface area contributed by atoms with Crippen molar-refractivity contribution in [3.8, 4) is 0 Å². The van der Waals surface area contributed by atoms with Crippen LogP contribution in [0.5, 0.6) is 0 Å². The fourth-order valence-electron chi connectivity index (χ4n) is 1.12. The Morgan fingerprint density at radius 1 is 1.50 bits per heavy atom. The zero-order valence-electron chi connectivity index (χ0n) is 9.07. The van der Waals surface area contributed by atoms with E-state index in [4.69, 9.17) is 5.73 Å². The third-order valence-electron chi connectivity index (χ3n) is 1.93. The molecular formula is C11H20N2O. The summed E-state index contributed by atoms with van der Waals surface area (Å²) in [7, 11) is 0. The molecule has 1 amide bonds. The maximum Gasteiger partial charge on any atom is 0.242 e. The number of hydrogen-bond acceptors (Lipinski definition) is 2. The van der Waals surface area contributed by atoms with Crippen LogP contribution in [0, 0.1) is 5.92 Å². The third-order valence-corrected chi connectivity index (χ3v) is 1.93. The summed E-state index contributed by atoms with van der Waals surface area (Å²) in [6.45, 7) is 7.51. The molecule has 80 valence electrons. The second-order valence-electron chi connectivity index (χ2n) is 3.64. The monoisotopic (exact) mass is 196 g/mol. The number of nitrogens with two attached hydrogens (primary N) is 1. The van der Waals surface area contributed by atoms with Crippen LogP contribution in [-0.2, 0) is 4.79 Å². The van der Waals surface area contributed by atoms with Gasteiger partial charge in [-0.3, -0.25) is 9.79 Å². The van der Waals surface area contributed by atoms with E-state index in [0.717, 1.165) is 19.3 Å². The normalized spacial score (nSPS) is 13.4. The molecule has 0 radical (unpaired) electrons. The molecule has 0 saturated carbocycles. The summed E-state index contributed by atoms with van der Waals surface area (Å²) in [6.07, 6.45) is 6.55. The molecule has 0 bridgehead atoms. The molecule has 0 heterocycles. The number of primary amides is 1. The lowest BCUT2D eigenvalue weighted by molar-refractivity contribution is -0.119. The van der Waals surface area contributed by atoms with Gasteiger partial charge in [-0.25, -0.2) is 0 Å². The van der Waals surface area contributed by atoms with Crippen molar-refractivity contribution in [1.82, 2.24) is 0 Å². The minimum Gasteiger partial charge on any atom is -0.368 e. The van der Waals surface area contributed by atoms with E-state index < -0.39 is 0 Å². The third kappa shape index (κ3) is 5.51. The number of carbonyl (C=O) groups excluding carboxylic acids is 1. The second-order valence-corrected chi connectivity index (χ2v) is 3.64. The van der Waals surface area contributed by atoms with E-state index in [1.165, 1.54) is 0 Å². The molecule has 14 heavy (non-hydrogen) atoms. The van der Waals surface area contributed by atoms with Gasteiger partial charge in [-0.1, -0.05) is 19.9 Å². The van der Waals surface area contributed by atoms with Crippen LogP contribution in [0.15, 0.2) is 17.6 Å². The molecule has 0 aromatic heterocycles. The zero-order chi connectivity index (χ0) is 11.0. The van der Waals surface area contributed by atoms with Gasteiger partial charge >= 0.3 is 0 Å². The number of allylic oxidation sites excluding steroid dienone is 1. The highest BCUT2D eigenvalue weighted by atomic mass is 16.1. The van der Waals surface area contributed by atoms with Crippen molar-refractivity contribution in [3.05, 3.63) is 12.7 Å². The lowest BCUT2D eigenvalue weighted by atomic mass is 10.1. The van der Waals surface area contributed by atoms with Gasteiger partial charge in [-0.05, 0) is 31.4 Å². The number of amides is 1. The lowest BCUT2D eigenvalue weighted by Crippen LogP contribution is -2.31. The van der Waals surface area contributed by atoms with E-state index >= 15 is 0 Å². The molecule has 3 heteroatoms.